The highest BCUT2D eigenvalue weighted by Gasteiger charge is 2.19. The van der Waals surface area contributed by atoms with Gasteiger partial charge in [0.1, 0.15) is 0 Å². The maximum Gasteiger partial charge on any atom is 0.335 e. The molecule has 0 fully saturated rings. The van der Waals surface area contributed by atoms with E-state index in [4.69, 9.17) is 0 Å². The average Bonchev–Trinajstić information content (AvgIpc) is 2.76. The van der Waals surface area contributed by atoms with E-state index in [9.17, 15) is 15.0 Å². The number of carbonyl (C=O) groups is 1. The predicted octanol–water partition coefficient (Wildman–Crippen LogP) is 7.57. The van der Waals surface area contributed by atoms with Crippen molar-refractivity contribution in [2.45, 2.75) is 89.4 Å². The Kier molecular flexibility index (Phi) is 15.2. The molecule has 0 aliphatic carbocycles. The van der Waals surface area contributed by atoms with Crippen LogP contribution < -0.4 is 0 Å². The third-order valence-electron chi connectivity index (χ3n) is 5.12. The number of allylic oxidation sites excluding steroid dienone is 3. The largest absolute Gasteiger partial charge is 0.478 e. The summed E-state index contributed by atoms with van der Waals surface area (Å²) in [5.41, 5.74) is 0.864. The number of hydrogen-bond acceptors (Lipinski definition) is 3. The van der Waals surface area contributed by atoms with E-state index in [1.54, 1.807) is 36.0 Å². The van der Waals surface area contributed by atoms with Crippen LogP contribution in [0.2, 0.25) is 0 Å². The number of hydrogen-bond donors (Lipinski definition) is 2. The van der Waals surface area contributed by atoms with Crippen LogP contribution in [-0.4, -0.2) is 27.2 Å². The first-order valence-electron chi connectivity index (χ1n) is 11.6. The van der Waals surface area contributed by atoms with E-state index in [0.717, 1.165) is 25.0 Å². The molecule has 0 aliphatic heterocycles. The van der Waals surface area contributed by atoms with E-state index >= 15 is 0 Å². The van der Waals surface area contributed by atoms with E-state index in [2.05, 4.69) is 26.0 Å². The van der Waals surface area contributed by atoms with Crippen molar-refractivity contribution in [3.63, 3.8) is 0 Å². The summed E-state index contributed by atoms with van der Waals surface area (Å²) >= 11 is 1.73. The lowest BCUT2D eigenvalue weighted by molar-refractivity contribution is 0.0696. The molecule has 168 valence electrons. The molecule has 0 aromatic heterocycles. The average molecular weight is 433 g/mol. The fourth-order valence-corrected chi connectivity index (χ4v) is 4.50. The molecule has 2 atom stereocenters. The molecule has 1 aromatic carbocycles. The highest BCUT2D eigenvalue weighted by Crippen LogP contribution is 2.29. The molecule has 4 heteroatoms. The number of aromatic carboxylic acids is 1. The van der Waals surface area contributed by atoms with Crippen molar-refractivity contribution in [3.05, 3.63) is 59.7 Å². The SMILES string of the molecule is CCCCCCCCC/C=C\C=C\[C@@H](SCCCC)[C@@H](O)c1cccc(C(=O)O)c1. The minimum absolute atomic E-state index is 0.0937. The zero-order valence-electron chi connectivity index (χ0n) is 18.8. The van der Waals surface area contributed by atoms with E-state index in [1.165, 1.54) is 44.9 Å². The van der Waals surface area contributed by atoms with Gasteiger partial charge in [-0.1, -0.05) is 95.2 Å². The van der Waals surface area contributed by atoms with E-state index in [0.29, 0.717) is 5.56 Å². The van der Waals surface area contributed by atoms with Gasteiger partial charge in [-0.2, -0.15) is 11.8 Å². The van der Waals surface area contributed by atoms with Crippen molar-refractivity contribution in [1.29, 1.82) is 0 Å². The molecule has 0 saturated carbocycles. The van der Waals surface area contributed by atoms with Crippen LogP contribution >= 0.6 is 11.8 Å². The topological polar surface area (TPSA) is 57.5 Å². The van der Waals surface area contributed by atoms with Crippen molar-refractivity contribution >= 4 is 17.7 Å². The molecule has 1 aromatic rings. The second-order valence-corrected chi connectivity index (χ2v) is 9.07. The van der Waals surface area contributed by atoms with E-state index in [1.807, 2.05) is 12.2 Å². The number of aliphatic hydroxyl groups is 1. The van der Waals surface area contributed by atoms with Gasteiger partial charge in [-0.05, 0) is 42.7 Å². The van der Waals surface area contributed by atoms with Gasteiger partial charge in [-0.3, -0.25) is 0 Å². The number of carboxylic acids is 1. The Morgan fingerprint density at radius 3 is 2.40 bits per heavy atom. The van der Waals surface area contributed by atoms with Gasteiger partial charge in [0.15, 0.2) is 0 Å². The summed E-state index contributed by atoms with van der Waals surface area (Å²) in [6.07, 6.45) is 20.2. The van der Waals surface area contributed by atoms with Crippen molar-refractivity contribution < 1.29 is 15.0 Å². The van der Waals surface area contributed by atoms with Crippen molar-refractivity contribution in [3.8, 4) is 0 Å². The predicted molar refractivity (Wildman–Crippen MR) is 130 cm³/mol. The van der Waals surface area contributed by atoms with Crippen LogP contribution in [0.1, 0.15) is 100 Å². The van der Waals surface area contributed by atoms with E-state index < -0.39 is 12.1 Å². The quantitative estimate of drug-likeness (QED) is 0.197. The van der Waals surface area contributed by atoms with Gasteiger partial charge in [0.25, 0.3) is 0 Å². The molecule has 0 heterocycles. The highest BCUT2D eigenvalue weighted by atomic mass is 32.2. The second kappa shape index (κ2) is 17.2. The van der Waals surface area contributed by atoms with Gasteiger partial charge >= 0.3 is 5.97 Å². The molecule has 30 heavy (non-hydrogen) atoms. The second-order valence-electron chi connectivity index (χ2n) is 7.79. The number of benzene rings is 1. The molecule has 1 rings (SSSR count). The minimum Gasteiger partial charge on any atom is -0.478 e. The van der Waals surface area contributed by atoms with Crippen LogP contribution in [0.15, 0.2) is 48.6 Å². The summed E-state index contributed by atoms with van der Waals surface area (Å²) in [7, 11) is 0. The van der Waals surface area contributed by atoms with Gasteiger partial charge in [0.2, 0.25) is 0 Å². The van der Waals surface area contributed by atoms with Gasteiger partial charge in [-0.25, -0.2) is 4.79 Å². The first-order chi connectivity index (χ1) is 14.6. The highest BCUT2D eigenvalue weighted by molar-refractivity contribution is 8.00. The van der Waals surface area contributed by atoms with Crippen LogP contribution in [0, 0.1) is 0 Å². The molecule has 0 spiro atoms. The Balaban J connectivity index is 2.54. The summed E-state index contributed by atoms with van der Waals surface area (Å²) in [5, 5.41) is 20.0. The molecular weight excluding hydrogens is 392 g/mol. The van der Waals surface area contributed by atoms with Gasteiger partial charge in [-0.15, -0.1) is 0 Å². The number of unbranched alkanes of at least 4 members (excludes halogenated alkanes) is 8. The van der Waals surface area contributed by atoms with Crippen LogP contribution in [-0.2, 0) is 0 Å². The summed E-state index contributed by atoms with van der Waals surface area (Å²) < 4.78 is 0. The van der Waals surface area contributed by atoms with Gasteiger partial charge < -0.3 is 10.2 Å². The van der Waals surface area contributed by atoms with Gasteiger partial charge in [0.05, 0.1) is 16.9 Å². The van der Waals surface area contributed by atoms with Crippen molar-refractivity contribution in [2.24, 2.45) is 0 Å². The first kappa shape index (κ1) is 26.5. The molecule has 0 radical (unpaired) electrons. The zero-order valence-corrected chi connectivity index (χ0v) is 19.6. The Bertz CT molecular complexity index is 639. The summed E-state index contributed by atoms with van der Waals surface area (Å²) in [6.45, 7) is 4.40. The molecule has 0 bridgehead atoms. The Labute approximate surface area is 187 Å². The maximum absolute atomic E-state index is 11.2. The third kappa shape index (κ3) is 11.6. The normalized spacial score (nSPS) is 13.8. The van der Waals surface area contributed by atoms with E-state index in [-0.39, 0.29) is 10.8 Å². The van der Waals surface area contributed by atoms with Crippen LogP contribution in [0.5, 0.6) is 0 Å². The smallest absolute Gasteiger partial charge is 0.335 e. The summed E-state index contributed by atoms with van der Waals surface area (Å²) in [4.78, 5) is 11.2. The standard InChI is InChI=1S/C26H40O3S/c1-3-5-7-8-9-10-11-12-13-14-15-19-24(30-20-6-4-2)25(27)22-17-16-18-23(21-22)26(28)29/h13-19,21,24-25,27H,3-12,20H2,1-2H3,(H,28,29)/b14-13-,19-15+/t24-,25+/m1/s1. The van der Waals surface area contributed by atoms with Crippen molar-refractivity contribution in [2.75, 3.05) is 5.75 Å². The lowest BCUT2D eigenvalue weighted by atomic mass is 10.0. The lowest BCUT2D eigenvalue weighted by Crippen LogP contribution is -2.14. The number of rotatable bonds is 17. The molecular formula is C26H40O3S. The minimum atomic E-state index is -0.969. The fourth-order valence-electron chi connectivity index (χ4n) is 3.23. The number of thioether (sulfide) groups is 1. The molecule has 0 aliphatic rings. The molecule has 2 N–H and O–H groups in total. The number of carboxylic acid groups (broad SMARTS) is 1. The lowest BCUT2D eigenvalue weighted by Gasteiger charge is -2.20. The first-order valence-corrected chi connectivity index (χ1v) is 12.6. The number of aliphatic hydroxyl groups excluding tert-OH is 1. The molecule has 0 unspecified atom stereocenters. The molecule has 0 saturated heterocycles. The Hall–Kier alpha value is -1.52. The summed E-state index contributed by atoms with van der Waals surface area (Å²) in [5.74, 6) is 0.00576. The van der Waals surface area contributed by atoms with Crippen LogP contribution in [0.25, 0.3) is 0 Å². The van der Waals surface area contributed by atoms with Gasteiger partial charge in [0, 0.05) is 0 Å². The molecule has 0 amide bonds. The van der Waals surface area contributed by atoms with Crippen LogP contribution in [0.4, 0.5) is 0 Å². The van der Waals surface area contributed by atoms with Crippen molar-refractivity contribution in [1.82, 2.24) is 0 Å². The Morgan fingerprint density at radius 1 is 1.00 bits per heavy atom. The Morgan fingerprint density at radius 2 is 1.70 bits per heavy atom. The molecule has 3 nitrogen and oxygen atoms in total. The maximum atomic E-state index is 11.2. The monoisotopic (exact) mass is 432 g/mol. The zero-order chi connectivity index (χ0) is 22.0. The third-order valence-corrected chi connectivity index (χ3v) is 6.44. The fraction of sp³-hybridized carbons (Fsp3) is 0.577. The summed E-state index contributed by atoms with van der Waals surface area (Å²) in [6, 6.07) is 6.63. The van der Waals surface area contributed by atoms with Crippen LogP contribution in [0.3, 0.4) is 0 Å².